The van der Waals surface area contributed by atoms with Crippen LogP contribution in [0.15, 0.2) is 64.1 Å². The van der Waals surface area contributed by atoms with Crippen LogP contribution in [0.25, 0.3) is 11.3 Å². The molecule has 1 aliphatic heterocycles. The number of hydrazone groups is 1. The van der Waals surface area contributed by atoms with Gasteiger partial charge in [0.1, 0.15) is 23.9 Å². The number of hydrogen-bond donors (Lipinski definition) is 1. The molecule has 7 nitrogen and oxygen atoms in total. The molecule has 0 saturated heterocycles. The van der Waals surface area contributed by atoms with E-state index in [4.69, 9.17) is 30.2 Å². The van der Waals surface area contributed by atoms with Gasteiger partial charge in [-0.1, -0.05) is 23.7 Å². The highest BCUT2D eigenvalue weighted by Gasteiger charge is 2.27. The average molecular weight is 413 g/mol. The molecule has 29 heavy (non-hydrogen) atoms. The lowest BCUT2D eigenvalue weighted by atomic mass is 10.2. The predicted octanol–water partition coefficient (Wildman–Crippen LogP) is 3.90. The van der Waals surface area contributed by atoms with Crippen molar-refractivity contribution in [2.24, 2.45) is 5.10 Å². The molecule has 1 atom stereocenters. The van der Waals surface area contributed by atoms with E-state index < -0.39 is 12.0 Å². The topological polar surface area (TPSA) is 82.3 Å². The van der Waals surface area contributed by atoms with E-state index in [9.17, 15) is 4.79 Å². The van der Waals surface area contributed by atoms with E-state index in [1.165, 1.54) is 6.21 Å². The maximum Gasteiger partial charge on any atom is 0.284 e. The van der Waals surface area contributed by atoms with Crippen LogP contribution in [0.2, 0.25) is 5.02 Å². The smallest absolute Gasteiger partial charge is 0.284 e. The Morgan fingerprint density at radius 2 is 2.03 bits per heavy atom. The molecular weight excluding hydrogens is 396 g/mol. The van der Waals surface area contributed by atoms with Gasteiger partial charge in [0.25, 0.3) is 5.91 Å². The van der Waals surface area contributed by atoms with E-state index >= 15 is 0 Å². The Kier molecular flexibility index (Phi) is 5.39. The molecule has 1 N–H and O–H groups in total. The molecule has 0 radical (unpaired) electrons. The zero-order valence-electron chi connectivity index (χ0n) is 15.4. The second kappa shape index (κ2) is 8.28. The number of carbonyl (C=O) groups excluding carboxylic acids is 1. The monoisotopic (exact) mass is 412 g/mol. The highest BCUT2D eigenvalue weighted by molar-refractivity contribution is 6.32. The Balaban J connectivity index is 1.37. The Morgan fingerprint density at radius 3 is 2.83 bits per heavy atom. The number of ether oxygens (including phenoxy) is 3. The van der Waals surface area contributed by atoms with E-state index in [0.29, 0.717) is 33.8 Å². The van der Waals surface area contributed by atoms with Crippen molar-refractivity contribution >= 4 is 23.7 Å². The highest BCUT2D eigenvalue weighted by Crippen LogP contribution is 2.31. The van der Waals surface area contributed by atoms with Crippen molar-refractivity contribution in [1.29, 1.82) is 0 Å². The number of benzene rings is 2. The Morgan fingerprint density at radius 1 is 1.21 bits per heavy atom. The third-order valence-electron chi connectivity index (χ3n) is 4.23. The fraction of sp³-hybridized carbons (Fsp3) is 0.143. The van der Waals surface area contributed by atoms with Gasteiger partial charge in [0.15, 0.2) is 11.5 Å². The van der Waals surface area contributed by atoms with Gasteiger partial charge in [-0.25, -0.2) is 5.43 Å². The summed E-state index contributed by atoms with van der Waals surface area (Å²) in [6, 6.07) is 16.1. The fourth-order valence-electron chi connectivity index (χ4n) is 2.78. The Bertz CT molecular complexity index is 1060. The number of amides is 1. The van der Waals surface area contributed by atoms with Gasteiger partial charge >= 0.3 is 0 Å². The van der Waals surface area contributed by atoms with Crippen LogP contribution < -0.4 is 19.6 Å². The first-order chi connectivity index (χ1) is 14.1. The normalized spacial score (nSPS) is 15.3. The molecule has 2 heterocycles. The molecule has 0 fully saturated rings. The number of methoxy groups -OCH3 is 1. The van der Waals surface area contributed by atoms with Crippen LogP contribution in [-0.4, -0.2) is 31.9 Å². The van der Waals surface area contributed by atoms with E-state index in [1.54, 1.807) is 43.5 Å². The van der Waals surface area contributed by atoms with Crippen molar-refractivity contribution in [2.45, 2.75) is 6.10 Å². The number of halogens is 1. The van der Waals surface area contributed by atoms with E-state index in [0.717, 1.165) is 5.56 Å². The Labute approximate surface area is 171 Å². The van der Waals surface area contributed by atoms with Crippen molar-refractivity contribution in [3.05, 3.63) is 65.4 Å². The van der Waals surface area contributed by atoms with Gasteiger partial charge in [-0.3, -0.25) is 4.79 Å². The number of nitrogens with one attached hydrogen (secondary N) is 1. The van der Waals surface area contributed by atoms with Gasteiger partial charge in [0, 0.05) is 5.56 Å². The molecule has 0 unspecified atom stereocenters. The van der Waals surface area contributed by atoms with Gasteiger partial charge < -0.3 is 18.6 Å². The summed E-state index contributed by atoms with van der Waals surface area (Å²) in [6.45, 7) is 0.113. The minimum Gasteiger partial charge on any atom is -0.495 e. The standard InChI is InChI=1S/C21H17ClN2O5/c1-26-17-8-6-13(10-15(17)22)16-9-7-14(28-16)11-23-24-21(25)20-12-27-18-4-2-3-5-19(18)29-20/h2-11,20H,12H2,1H3,(H,24,25)/t20-/m0/s1. The van der Waals surface area contributed by atoms with Gasteiger partial charge in [-0.05, 0) is 42.5 Å². The molecule has 1 amide bonds. The molecule has 4 rings (SSSR count). The third kappa shape index (κ3) is 4.20. The lowest BCUT2D eigenvalue weighted by Gasteiger charge is -2.24. The van der Waals surface area contributed by atoms with Crippen LogP contribution >= 0.6 is 11.6 Å². The summed E-state index contributed by atoms with van der Waals surface area (Å²) in [4.78, 5) is 12.2. The predicted molar refractivity (Wildman–Crippen MR) is 108 cm³/mol. The summed E-state index contributed by atoms with van der Waals surface area (Å²) < 4.78 is 22.0. The number of rotatable bonds is 5. The first-order valence-corrected chi connectivity index (χ1v) is 9.17. The summed E-state index contributed by atoms with van der Waals surface area (Å²) in [5.74, 6) is 2.40. The van der Waals surface area contributed by atoms with Gasteiger partial charge in [-0.2, -0.15) is 5.10 Å². The molecule has 8 heteroatoms. The zero-order chi connectivity index (χ0) is 20.2. The molecule has 3 aromatic rings. The maximum absolute atomic E-state index is 12.2. The van der Waals surface area contributed by atoms with Crippen LogP contribution in [0.5, 0.6) is 17.2 Å². The molecule has 148 valence electrons. The van der Waals surface area contributed by atoms with Gasteiger partial charge in [0.2, 0.25) is 6.10 Å². The van der Waals surface area contributed by atoms with E-state index in [-0.39, 0.29) is 6.61 Å². The third-order valence-corrected chi connectivity index (χ3v) is 4.53. The minimum atomic E-state index is -0.782. The SMILES string of the molecule is COc1ccc(-c2ccc(C=NNC(=O)[C@@H]3COc4ccccc4O3)o2)cc1Cl. The summed E-state index contributed by atoms with van der Waals surface area (Å²) in [5, 5.41) is 4.41. The van der Waals surface area contributed by atoms with Crippen molar-refractivity contribution in [3.63, 3.8) is 0 Å². The van der Waals surface area contributed by atoms with Crippen LogP contribution in [0.3, 0.4) is 0 Å². The number of furan rings is 1. The summed E-state index contributed by atoms with van der Waals surface area (Å²) in [7, 11) is 1.56. The van der Waals surface area contributed by atoms with Crippen molar-refractivity contribution in [1.82, 2.24) is 5.43 Å². The highest BCUT2D eigenvalue weighted by atomic mass is 35.5. The van der Waals surface area contributed by atoms with Crippen molar-refractivity contribution in [3.8, 4) is 28.6 Å². The van der Waals surface area contributed by atoms with Crippen LogP contribution in [0, 0.1) is 0 Å². The maximum atomic E-state index is 12.2. The van der Waals surface area contributed by atoms with E-state index in [1.807, 2.05) is 18.2 Å². The second-order valence-electron chi connectivity index (χ2n) is 6.15. The fourth-order valence-corrected chi connectivity index (χ4v) is 3.03. The molecule has 1 aromatic heterocycles. The van der Waals surface area contributed by atoms with Gasteiger partial charge in [0.05, 0.1) is 18.3 Å². The molecular formula is C21H17ClN2O5. The number of hydrogen-bond acceptors (Lipinski definition) is 6. The minimum absolute atomic E-state index is 0.113. The van der Waals surface area contributed by atoms with E-state index in [2.05, 4.69) is 10.5 Å². The summed E-state index contributed by atoms with van der Waals surface area (Å²) in [5.41, 5.74) is 3.23. The van der Waals surface area contributed by atoms with Crippen LogP contribution in [0.4, 0.5) is 0 Å². The average Bonchev–Trinajstić information content (AvgIpc) is 3.22. The number of para-hydroxylation sites is 2. The molecule has 0 spiro atoms. The van der Waals surface area contributed by atoms with Crippen molar-refractivity contribution in [2.75, 3.05) is 13.7 Å². The van der Waals surface area contributed by atoms with Crippen LogP contribution in [0.1, 0.15) is 5.76 Å². The van der Waals surface area contributed by atoms with Crippen LogP contribution in [-0.2, 0) is 4.79 Å². The first-order valence-electron chi connectivity index (χ1n) is 8.79. The lowest BCUT2D eigenvalue weighted by molar-refractivity contribution is -0.130. The number of fused-ring (bicyclic) bond motifs is 1. The first kappa shape index (κ1) is 18.9. The second-order valence-corrected chi connectivity index (χ2v) is 6.56. The molecule has 0 saturated carbocycles. The number of nitrogens with zero attached hydrogens (tertiary/aromatic N) is 1. The molecule has 0 bridgehead atoms. The molecule has 0 aliphatic carbocycles. The lowest BCUT2D eigenvalue weighted by Crippen LogP contribution is -2.42. The quantitative estimate of drug-likeness (QED) is 0.507. The van der Waals surface area contributed by atoms with Crippen molar-refractivity contribution < 1.29 is 23.4 Å². The molecule has 1 aliphatic rings. The van der Waals surface area contributed by atoms with Gasteiger partial charge in [-0.15, -0.1) is 0 Å². The number of carbonyl (C=O) groups is 1. The molecule has 2 aromatic carbocycles. The summed E-state index contributed by atoms with van der Waals surface area (Å²) >= 11 is 6.15. The Hall–Kier alpha value is -3.45. The zero-order valence-corrected chi connectivity index (χ0v) is 16.2. The summed E-state index contributed by atoms with van der Waals surface area (Å²) in [6.07, 6.45) is 0.625. The largest absolute Gasteiger partial charge is 0.495 e.